The van der Waals surface area contributed by atoms with Crippen LogP contribution in [0.4, 0.5) is 5.00 Å². The van der Waals surface area contributed by atoms with Crippen molar-refractivity contribution in [2.75, 3.05) is 5.32 Å². The van der Waals surface area contributed by atoms with E-state index in [1.54, 1.807) is 0 Å². The Labute approximate surface area is 165 Å². The van der Waals surface area contributed by atoms with Gasteiger partial charge < -0.3 is 16.4 Å². The van der Waals surface area contributed by atoms with E-state index in [2.05, 4.69) is 31.4 Å². The second-order valence-electron chi connectivity index (χ2n) is 9.04. The van der Waals surface area contributed by atoms with Gasteiger partial charge in [0, 0.05) is 10.3 Å². The van der Waals surface area contributed by atoms with Crippen LogP contribution >= 0.6 is 23.6 Å². The summed E-state index contributed by atoms with van der Waals surface area (Å²) < 4.78 is 0. The fourth-order valence-corrected chi connectivity index (χ4v) is 4.70. The number of nitrogens with one attached hydrogen (secondary N) is 2. The molecule has 1 aromatic heterocycles. The van der Waals surface area contributed by atoms with E-state index >= 15 is 0 Å². The van der Waals surface area contributed by atoms with Crippen molar-refractivity contribution in [2.45, 2.75) is 60.8 Å². The highest BCUT2D eigenvalue weighted by Crippen LogP contribution is 2.44. The van der Waals surface area contributed by atoms with Gasteiger partial charge in [0.15, 0.2) is 5.11 Å². The molecule has 26 heavy (non-hydrogen) atoms. The molecule has 1 aliphatic carbocycles. The number of hydrogen-bond acceptors (Lipinski definition) is 4. The first kappa shape index (κ1) is 20.8. The lowest BCUT2D eigenvalue weighted by Crippen LogP contribution is -2.41. The molecule has 1 aliphatic rings. The maximum Gasteiger partial charge on any atom is 0.251 e. The molecule has 1 atom stereocenters. The Morgan fingerprint density at radius 1 is 1.19 bits per heavy atom. The highest BCUT2D eigenvalue weighted by Gasteiger charge is 2.33. The Morgan fingerprint density at radius 3 is 2.31 bits per heavy atom. The van der Waals surface area contributed by atoms with Gasteiger partial charge in [-0.2, -0.15) is 0 Å². The molecule has 0 aliphatic heterocycles. The average molecular weight is 396 g/mol. The molecular weight excluding hydrogens is 366 g/mol. The first-order chi connectivity index (χ1) is 11.8. The van der Waals surface area contributed by atoms with Gasteiger partial charge in [-0.25, -0.2) is 0 Å². The Balaban J connectivity index is 2.25. The van der Waals surface area contributed by atoms with Crippen LogP contribution in [0.25, 0.3) is 0 Å². The van der Waals surface area contributed by atoms with E-state index in [4.69, 9.17) is 18.0 Å². The van der Waals surface area contributed by atoms with Gasteiger partial charge in [-0.3, -0.25) is 9.59 Å². The fourth-order valence-electron chi connectivity index (χ4n) is 3.10. The van der Waals surface area contributed by atoms with Crippen LogP contribution in [0.3, 0.4) is 0 Å². The molecule has 5 nitrogen and oxygen atoms in total. The molecular formula is C19H29N3O2S2. The quantitative estimate of drug-likeness (QED) is 0.664. The predicted octanol–water partition coefficient (Wildman–Crippen LogP) is 3.86. The molecule has 0 fully saturated rings. The smallest absolute Gasteiger partial charge is 0.251 e. The van der Waals surface area contributed by atoms with Crippen molar-refractivity contribution in [3.05, 3.63) is 16.0 Å². The van der Waals surface area contributed by atoms with Crippen molar-refractivity contribution in [3.8, 4) is 0 Å². The first-order valence-corrected chi connectivity index (χ1v) is 10.1. The minimum absolute atomic E-state index is 0.176. The Bertz CT molecular complexity index is 739. The molecule has 0 spiro atoms. The Morgan fingerprint density at radius 2 is 1.81 bits per heavy atom. The zero-order valence-corrected chi connectivity index (χ0v) is 18.0. The van der Waals surface area contributed by atoms with Gasteiger partial charge in [0.05, 0.1) is 5.56 Å². The lowest BCUT2D eigenvalue weighted by molar-refractivity contribution is -0.126. The number of rotatable bonds is 2. The summed E-state index contributed by atoms with van der Waals surface area (Å²) in [4.78, 5) is 25.4. The number of hydrogen-bond donors (Lipinski definition) is 3. The predicted molar refractivity (Wildman–Crippen MR) is 112 cm³/mol. The summed E-state index contributed by atoms with van der Waals surface area (Å²) in [5.41, 5.74) is 6.87. The number of primary amides is 1. The van der Waals surface area contributed by atoms with Crippen molar-refractivity contribution in [1.82, 2.24) is 5.32 Å². The summed E-state index contributed by atoms with van der Waals surface area (Å²) in [6.45, 7) is 12.2. The fraction of sp³-hybridized carbons (Fsp3) is 0.632. The van der Waals surface area contributed by atoms with Crippen LogP contribution < -0.4 is 16.4 Å². The zero-order valence-electron chi connectivity index (χ0n) is 16.4. The van der Waals surface area contributed by atoms with Crippen molar-refractivity contribution in [1.29, 1.82) is 0 Å². The van der Waals surface area contributed by atoms with Crippen LogP contribution in [-0.2, 0) is 17.6 Å². The third-order valence-electron chi connectivity index (χ3n) is 4.87. The van der Waals surface area contributed by atoms with Crippen LogP contribution in [0.1, 0.15) is 68.8 Å². The molecule has 0 bridgehead atoms. The molecule has 7 heteroatoms. The molecule has 0 saturated heterocycles. The minimum Gasteiger partial charge on any atom is -0.365 e. The zero-order chi connectivity index (χ0) is 19.9. The van der Waals surface area contributed by atoms with E-state index in [1.165, 1.54) is 16.2 Å². The second-order valence-corrected chi connectivity index (χ2v) is 10.5. The highest BCUT2D eigenvalue weighted by molar-refractivity contribution is 7.80. The summed E-state index contributed by atoms with van der Waals surface area (Å²) in [5.74, 6) is -0.0660. The summed E-state index contributed by atoms with van der Waals surface area (Å²) in [5, 5.41) is 6.54. The number of carbonyl (C=O) groups excluding carboxylic acids is 2. The lowest BCUT2D eigenvalue weighted by atomic mass is 9.72. The number of thiocarbonyl (C=S) groups is 1. The number of amides is 2. The van der Waals surface area contributed by atoms with Crippen LogP contribution in [-0.4, -0.2) is 16.9 Å². The Hall–Kier alpha value is -1.47. The standard InChI is InChI=1S/C19H29N3O2S2/c1-18(2,3)10-7-8-11-12(9-10)26-15(13(11)14(20)23)21-17(25)22-16(24)19(4,5)6/h10H,7-9H2,1-6H3,(H2,20,23)(H2,21,22,24,25)/t10-/m0/s1. The van der Waals surface area contributed by atoms with E-state index in [9.17, 15) is 9.59 Å². The van der Waals surface area contributed by atoms with Crippen molar-refractivity contribution in [2.24, 2.45) is 22.5 Å². The van der Waals surface area contributed by atoms with Gasteiger partial charge in [-0.05, 0) is 48.4 Å². The van der Waals surface area contributed by atoms with Gasteiger partial charge in [0.1, 0.15) is 5.00 Å². The molecule has 2 rings (SSSR count). The number of anilines is 1. The second kappa shape index (κ2) is 7.27. The van der Waals surface area contributed by atoms with E-state index in [-0.39, 0.29) is 16.4 Å². The molecule has 1 aromatic rings. The third-order valence-corrected chi connectivity index (χ3v) is 6.25. The van der Waals surface area contributed by atoms with Gasteiger partial charge in [0.25, 0.3) is 5.91 Å². The monoisotopic (exact) mass is 395 g/mol. The molecule has 0 aromatic carbocycles. The van der Waals surface area contributed by atoms with E-state index in [0.29, 0.717) is 16.5 Å². The third kappa shape index (κ3) is 4.62. The van der Waals surface area contributed by atoms with Gasteiger partial charge in [0.2, 0.25) is 5.91 Å². The number of nitrogens with two attached hydrogens (primary N) is 1. The van der Waals surface area contributed by atoms with Crippen LogP contribution in [0.2, 0.25) is 0 Å². The first-order valence-electron chi connectivity index (χ1n) is 8.87. The molecule has 0 unspecified atom stereocenters. The van der Waals surface area contributed by atoms with Crippen LogP contribution in [0.15, 0.2) is 0 Å². The SMILES string of the molecule is CC(C)(C)C(=O)NC(=S)Nc1sc2c(c1C(N)=O)CC[C@H](C(C)(C)C)C2. The van der Waals surface area contributed by atoms with Gasteiger partial charge in [-0.1, -0.05) is 41.5 Å². The summed E-state index contributed by atoms with van der Waals surface area (Å²) in [6.07, 6.45) is 2.82. The van der Waals surface area contributed by atoms with E-state index in [0.717, 1.165) is 24.8 Å². The van der Waals surface area contributed by atoms with E-state index < -0.39 is 11.3 Å². The topological polar surface area (TPSA) is 84.2 Å². The maximum absolute atomic E-state index is 12.1. The molecule has 144 valence electrons. The lowest BCUT2D eigenvalue weighted by Gasteiger charge is -2.33. The van der Waals surface area contributed by atoms with E-state index in [1.807, 2.05) is 20.8 Å². The number of thiophene rings is 1. The summed E-state index contributed by atoms with van der Waals surface area (Å²) in [7, 11) is 0. The summed E-state index contributed by atoms with van der Waals surface area (Å²) in [6, 6.07) is 0. The maximum atomic E-state index is 12.1. The molecule has 0 saturated carbocycles. The van der Waals surface area contributed by atoms with Crippen LogP contribution in [0, 0.1) is 16.7 Å². The molecule has 0 radical (unpaired) electrons. The van der Waals surface area contributed by atoms with Crippen molar-refractivity contribution >= 4 is 45.5 Å². The van der Waals surface area contributed by atoms with Gasteiger partial charge in [-0.15, -0.1) is 11.3 Å². The van der Waals surface area contributed by atoms with Crippen molar-refractivity contribution in [3.63, 3.8) is 0 Å². The summed E-state index contributed by atoms with van der Waals surface area (Å²) >= 11 is 6.78. The largest absolute Gasteiger partial charge is 0.365 e. The molecule has 2 amide bonds. The Kier molecular flexibility index (Phi) is 5.83. The van der Waals surface area contributed by atoms with Gasteiger partial charge >= 0.3 is 0 Å². The highest BCUT2D eigenvalue weighted by atomic mass is 32.1. The average Bonchev–Trinajstić information content (AvgIpc) is 2.81. The molecule has 4 N–H and O–H groups in total. The number of fused-ring (bicyclic) bond motifs is 1. The molecule has 1 heterocycles. The van der Waals surface area contributed by atoms with Crippen LogP contribution in [0.5, 0.6) is 0 Å². The van der Waals surface area contributed by atoms with Crippen molar-refractivity contribution < 1.29 is 9.59 Å². The normalized spacial score (nSPS) is 17.4. The minimum atomic E-state index is -0.549. The number of carbonyl (C=O) groups is 2.